The molecule has 1 aliphatic rings. The Balaban J connectivity index is 1.24. The first-order valence-electron chi connectivity index (χ1n) is 11.7. The van der Waals surface area contributed by atoms with Crippen molar-refractivity contribution in [1.82, 2.24) is 4.98 Å². The summed E-state index contributed by atoms with van der Waals surface area (Å²) in [5.41, 5.74) is 9.47. The molecular weight excluding hydrogens is 376 g/mol. The van der Waals surface area contributed by atoms with Crippen LogP contribution in [0, 0.1) is 12.8 Å². The fourth-order valence-electron chi connectivity index (χ4n) is 5.23. The predicted octanol–water partition coefficient (Wildman–Crippen LogP) is 7.53. The maximum atomic E-state index is 3.79. The number of nitrogens with one attached hydrogen (secondary N) is 2. The van der Waals surface area contributed by atoms with E-state index in [0.29, 0.717) is 12.0 Å². The maximum Gasteiger partial charge on any atom is 0.0536 e. The molecule has 158 valence electrons. The van der Waals surface area contributed by atoms with Gasteiger partial charge in [-0.3, -0.25) is 0 Å². The van der Waals surface area contributed by atoms with Gasteiger partial charge in [-0.2, -0.15) is 0 Å². The zero-order valence-electron chi connectivity index (χ0n) is 18.6. The van der Waals surface area contributed by atoms with Crippen molar-refractivity contribution in [2.75, 3.05) is 5.32 Å². The molecule has 0 saturated carbocycles. The molecule has 0 bridgehead atoms. The minimum absolute atomic E-state index is 0.588. The number of rotatable bonds is 6. The maximum absolute atomic E-state index is 3.79. The van der Waals surface area contributed by atoms with Crippen LogP contribution in [0.5, 0.6) is 0 Å². The van der Waals surface area contributed by atoms with Gasteiger partial charge < -0.3 is 10.3 Å². The van der Waals surface area contributed by atoms with Gasteiger partial charge in [0.25, 0.3) is 0 Å². The monoisotopic (exact) mass is 408 g/mol. The molecule has 5 rings (SSSR count). The number of H-pyrrole nitrogens is 1. The average molecular weight is 409 g/mol. The molecule has 0 saturated heterocycles. The van der Waals surface area contributed by atoms with E-state index >= 15 is 0 Å². The van der Waals surface area contributed by atoms with Gasteiger partial charge in [-0.25, -0.2) is 0 Å². The van der Waals surface area contributed by atoms with Gasteiger partial charge in [0, 0.05) is 28.9 Å². The molecule has 2 unspecified atom stereocenters. The molecule has 0 radical (unpaired) electrons. The van der Waals surface area contributed by atoms with Crippen molar-refractivity contribution in [3.05, 3.63) is 89.6 Å². The normalized spacial score (nSPS) is 18.0. The van der Waals surface area contributed by atoms with E-state index in [-0.39, 0.29) is 0 Å². The second-order valence-electron chi connectivity index (χ2n) is 9.19. The van der Waals surface area contributed by atoms with Crippen molar-refractivity contribution in [3.8, 4) is 11.1 Å². The van der Waals surface area contributed by atoms with Crippen LogP contribution in [0.4, 0.5) is 5.69 Å². The highest BCUT2D eigenvalue weighted by Crippen LogP contribution is 2.33. The Morgan fingerprint density at radius 1 is 0.871 bits per heavy atom. The van der Waals surface area contributed by atoms with Crippen LogP contribution in [0.2, 0.25) is 0 Å². The van der Waals surface area contributed by atoms with E-state index in [1.807, 2.05) is 0 Å². The zero-order valence-corrected chi connectivity index (χ0v) is 18.6. The number of anilines is 1. The van der Waals surface area contributed by atoms with Crippen molar-refractivity contribution in [3.63, 3.8) is 0 Å². The van der Waals surface area contributed by atoms with Crippen molar-refractivity contribution in [1.29, 1.82) is 0 Å². The van der Waals surface area contributed by atoms with Crippen LogP contribution in [0.3, 0.4) is 0 Å². The molecule has 4 aromatic rings. The molecule has 0 aliphatic carbocycles. The van der Waals surface area contributed by atoms with E-state index in [2.05, 4.69) is 97.1 Å². The van der Waals surface area contributed by atoms with Crippen LogP contribution >= 0.6 is 0 Å². The third kappa shape index (κ3) is 3.99. The van der Waals surface area contributed by atoms with Crippen LogP contribution in [-0.2, 0) is 12.8 Å². The summed E-state index contributed by atoms with van der Waals surface area (Å²) in [6, 6.07) is 24.7. The zero-order chi connectivity index (χ0) is 21.2. The Hall–Kier alpha value is -3.00. The molecular formula is C29H32N2. The quantitative estimate of drug-likeness (QED) is 0.317. The SMILES string of the molecule is Cc1ccccc1-c1cccc2c(CCCCC3Nc4ccccc4CC3C)c[nH]c12. The lowest BCUT2D eigenvalue weighted by atomic mass is 9.86. The number of fused-ring (bicyclic) bond motifs is 2. The molecule has 0 spiro atoms. The van der Waals surface area contributed by atoms with Gasteiger partial charge >= 0.3 is 0 Å². The van der Waals surface area contributed by atoms with Gasteiger partial charge in [0.2, 0.25) is 0 Å². The fraction of sp³-hybridized carbons (Fsp3) is 0.310. The molecule has 0 fully saturated rings. The highest BCUT2D eigenvalue weighted by molar-refractivity contribution is 5.96. The minimum Gasteiger partial charge on any atom is -0.382 e. The summed E-state index contributed by atoms with van der Waals surface area (Å²) in [4.78, 5) is 3.58. The molecule has 1 aliphatic heterocycles. The molecule has 2 heterocycles. The van der Waals surface area contributed by atoms with E-state index in [1.54, 1.807) is 0 Å². The molecule has 3 aromatic carbocycles. The molecule has 1 aromatic heterocycles. The molecule has 2 N–H and O–H groups in total. The van der Waals surface area contributed by atoms with E-state index in [9.17, 15) is 0 Å². The first-order valence-corrected chi connectivity index (χ1v) is 11.7. The van der Waals surface area contributed by atoms with Gasteiger partial charge in [0.15, 0.2) is 0 Å². The van der Waals surface area contributed by atoms with Gasteiger partial charge in [-0.15, -0.1) is 0 Å². The Morgan fingerprint density at radius 3 is 2.58 bits per heavy atom. The Morgan fingerprint density at radius 2 is 1.68 bits per heavy atom. The lowest BCUT2D eigenvalue weighted by molar-refractivity contribution is 0.427. The lowest BCUT2D eigenvalue weighted by Gasteiger charge is -2.32. The number of aryl methyl sites for hydroxylation is 2. The smallest absolute Gasteiger partial charge is 0.0536 e. The summed E-state index contributed by atoms with van der Waals surface area (Å²) in [5, 5.41) is 5.17. The van der Waals surface area contributed by atoms with E-state index in [1.165, 1.54) is 70.1 Å². The second-order valence-corrected chi connectivity index (χ2v) is 9.19. The van der Waals surface area contributed by atoms with Crippen molar-refractivity contribution >= 4 is 16.6 Å². The topological polar surface area (TPSA) is 27.8 Å². The van der Waals surface area contributed by atoms with Crippen LogP contribution < -0.4 is 5.32 Å². The molecule has 0 amide bonds. The molecule has 2 heteroatoms. The highest BCUT2D eigenvalue weighted by atomic mass is 14.9. The van der Waals surface area contributed by atoms with Crippen molar-refractivity contribution in [2.45, 2.75) is 52.0 Å². The minimum atomic E-state index is 0.588. The number of benzene rings is 3. The Labute approximate surface area is 185 Å². The van der Waals surface area contributed by atoms with Crippen LogP contribution in [-0.4, -0.2) is 11.0 Å². The van der Waals surface area contributed by atoms with E-state index in [4.69, 9.17) is 0 Å². The first kappa shape index (κ1) is 19.9. The number of aromatic nitrogens is 1. The van der Waals surface area contributed by atoms with Crippen LogP contribution in [0.25, 0.3) is 22.0 Å². The number of aromatic amines is 1. The standard InChI is InChI=1S/C29H32N2/c1-20-10-3-6-13-24(20)26-15-9-14-25-23(19-30-29(25)26)12-5-7-16-27-21(2)18-22-11-4-8-17-28(22)31-27/h3-4,6,8-11,13-15,17,19,21,27,30-31H,5,7,12,16,18H2,1-2H3. The summed E-state index contributed by atoms with van der Waals surface area (Å²) in [7, 11) is 0. The van der Waals surface area contributed by atoms with Crippen molar-refractivity contribution < 1.29 is 0 Å². The van der Waals surface area contributed by atoms with E-state index < -0.39 is 0 Å². The summed E-state index contributed by atoms with van der Waals surface area (Å²) >= 11 is 0. The highest BCUT2D eigenvalue weighted by Gasteiger charge is 2.23. The van der Waals surface area contributed by atoms with Gasteiger partial charge in [-0.05, 0) is 66.8 Å². The van der Waals surface area contributed by atoms with Gasteiger partial charge in [0.1, 0.15) is 0 Å². The van der Waals surface area contributed by atoms with Crippen molar-refractivity contribution in [2.24, 2.45) is 5.92 Å². The predicted molar refractivity (Wildman–Crippen MR) is 133 cm³/mol. The number of para-hydroxylation sites is 2. The Kier molecular flexibility index (Phi) is 5.55. The summed E-state index contributed by atoms with van der Waals surface area (Å²) in [5.74, 6) is 0.694. The molecule has 2 nitrogen and oxygen atoms in total. The van der Waals surface area contributed by atoms with Crippen LogP contribution in [0.15, 0.2) is 72.9 Å². The largest absolute Gasteiger partial charge is 0.382 e. The average Bonchev–Trinajstić information content (AvgIpc) is 3.20. The lowest BCUT2D eigenvalue weighted by Crippen LogP contribution is -2.33. The fourth-order valence-corrected chi connectivity index (χ4v) is 5.23. The molecule has 31 heavy (non-hydrogen) atoms. The van der Waals surface area contributed by atoms with Crippen LogP contribution in [0.1, 0.15) is 42.9 Å². The summed E-state index contributed by atoms with van der Waals surface area (Å²) < 4.78 is 0. The summed E-state index contributed by atoms with van der Waals surface area (Å²) in [6.45, 7) is 4.58. The third-order valence-electron chi connectivity index (χ3n) is 7.03. The number of hydrogen-bond donors (Lipinski definition) is 2. The molecule has 2 atom stereocenters. The van der Waals surface area contributed by atoms with E-state index in [0.717, 1.165) is 6.42 Å². The first-order chi connectivity index (χ1) is 15.2. The number of unbranched alkanes of at least 4 members (excludes halogenated alkanes) is 1. The van der Waals surface area contributed by atoms with Gasteiger partial charge in [0.05, 0.1) is 5.52 Å². The Bertz CT molecular complexity index is 1190. The number of hydrogen-bond acceptors (Lipinski definition) is 1. The third-order valence-corrected chi connectivity index (χ3v) is 7.03. The van der Waals surface area contributed by atoms with Gasteiger partial charge in [-0.1, -0.05) is 74.0 Å². The second kappa shape index (κ2) is 8.63. The summed E-state index contributed by atoms with van der Waals surface area (Å²) in [6.07, 6.45) is 8.28.